The van der Waals surface area contributed by atoms with Crippen LogP contribution in [0.1, 0.15) is 18.0 Å². The minimum Gasteiger partial charge on any atom is -0.435 e. The maximum atomic E-state index is 12.2. The molecule has 0 radical (unpaired) electrons. The lowest BCUT2D eigenvalue weighted by Crippen LogP contribution is -2.24. The van der Waals surface area contributed by atoms with Crippen LogP contribution in [0.15, 0.2) is 36.5 Å². The molecule has 1 aliphatic rings. The number of benzene rings is 1. The lowest BCUT2D eigenvalue weighted by Gasteiger charge is -2.26. The molecular weight excluding hydrogens is 252 g/mol. The second-order valence-corrected chi connectivity index (χ2v) is 4.34. The van der Waals surface area contributed by atoms with E-state index in [1.54, 1.807) is 18.3 Å². The lowest BCUT2D eigenvalue weighted by molar-refractivity contribution is -0.0499. The second-order valence-electron chi connectivity index (χ2n) is 4.34. The molecule has 100 valence electrons. The van der Waals surface area contributed by atoms with Crippen LogP contribution in [-0.2, 0) is 0 Å². The molecule has 0 fully saturated rings. The number of rotatable bonds is 3. The molecule has 0 bridgehead atoms. The van der Waals surface area contributed by atoms with Crippen molar-refractivity contribution in [2.24, 2.45) is 0 Å². The number of ether oxygens (including phenoxy) is 1. The first-order valence-electron chi connectivity index (χ1n) is 6.06. The Labute approximate surface area is 109 Å². The predicted molar refractivity (Wildman–Crippen MR) is 66.5 cm³/mol. The van der Waals surface area contributed by atoms with E-state index >= 15 is 0 Å². The van der Waals surface area contributed by atoms with Gasteiger partial charge in [-0.3, -0.25) is 0 Å². The van der Waals surface area contributed by atoms with Gasteiger partial charge in [-0.25, -0.2) is 4.68 Å². The second kappa shape index (κ2) is 4.87. The fourth-order valence-electron chi connectivity index (χ4n) is 2.37. The first kappa shape index (κ1) is 12.0. The monoisotopic (exact) mass is 265 g/mol. The molecule has 2 heterocycles. The van der Waals surface area contributed by atoms with Gasteiger partial charge in [0.05, 0.1) is 12.2 Å². The maximum absolute atomic E-state index is 12.2. The van der Waals surface area contributed by atoms with Crippen molar-refractivity contribution in [3.63, 3.8) is 0 Å². The summed E-state index contributed by atoms with van der Waals surface area (Å²) in [5.74, 6) is 1.12. The molecule has 1 unspecified atom stereocenters. The Kier molecular flexibility index (Phi) is 3.06. The minimum absolute atomic E-state index is 0.0486. The molecule has 4 nitrogen and oxygen atoms in total. The summed E-state index contributed by atoms with van der Waals surface area (Å²) in [6, 6.07) is 8.74. The molecule has 0 spiro atoms. The molecule has 1 N–H and O–H groups in total. The van der Waals surface area contributed by atoms with Crippen LogP contribution >= 0.6 is 0 Å². The highest BCUT2D eigenvalue weighted by Gasteiger charge is 2.21. The van der Waals surface area contributed by atoms with Crippen LogP contribution in [0.2, 0.25) is 0 Å². The van der Waals surface area contributed by atoms with Crippen molar-refractivity contribution in [2.45, 2.75) is 19.1 Å². The van der Waals surface area contributed by atoms with E-state index in [9.17, 15) is 8.78 Å². The number of hydrogen-bond acceptors (Lipinski definition) is 3. The minimum atomic E-state index is -2.80. The summed E-state index contributed by atoms with van der Waals surface area (Å²) in [5.41, 5.74) is 0.921. The molecular formula is C13H13F2N3O. The van der Waals surface area contributed by atoms with Crippen molar-refractivity contribution in [2.75, 3.05) is 11.9 Å². The summed E-state index contributed by atoms with van der Waals surface area (Å²) in [6.07, 6.45) is 2.58. The molecule has 0 saturated carbocycles. The average Bonchev–Trinajstić information content (AvgIpc) is 2.86. The van der Waals surface area contributed by atoms with E-state index in [2.05, 4.69) is 15.2 Å². The van der Waals surface area contributed by atoms with Gasteiger partial charge in [-0.2, -0.15) is 13.9 Å². The molecule has 1 aromatic heterocycles. The Bertz CT molecular complexity index is 571. The Balaban J connectivity index is 1.91. The van der Waals surface area contributed by atoms with Crippen LogP contribution < -0.4 is 10.1 Å². The van der Waals surface area contributed by atoms with Crippen LogP contribution in [0.25, 0.3) is 0 Å². The molecule has 19 heavy (non-hydrogen) atoms. The third-order valence-electron chi connectivity index (χ3n) is 3.16. The van der Waals surface area contributed by atoms with Crippen LogP contribution in [0, 0.1) is 0 Å². The maximum Gasteiger partial charge on any atom is 0.387 e. The van der Waals surface area contributed by atoms with Gasteiger partial charge < -0.3 is 10.1 Å². The third kappa shape index (κ3) is 2.38. The molecule has 2 aromatic rings. The Morgan fingerprint density at radius 3 is 3.11 bits per heavy atom. The first-order chi connectivity index (χ1) is 9.24. The van der Waals surface area contributed by atoms with Gasteiger partial charge in [0, 0.05) is 12.6 Å². The van der Waals surface area contributed by atoms with Gasteiger partial charge in [-0.05, 0) is 24.1 Å². The van der Waals surface area contributed by atoms with Crippen LogP contribution in [0.3, 0.4) is 0 Å². The molecule has 1 aromatic carbocycles. The van der Waals surface area contributed by atoms with Gasteiger partial charge in [-0.1, -0.05) is 12.1 Å². The fourth-order valence-corrected chi connectivity index (χ4v) is 2.37. The van der Waals surface area contributed by atoms with Crippen molar-refractivity contribution < 1.29 is 13.5 Å². The van der Waals surface area contributed by atoms with Crippen molar-refractivity contribution in [1.82, 2.24) is 9.78 Å². The summed E-state index contributed by atoms with van der Waals surface area (Å²) < 4.78 is 30.8. The average molecular weight is 265 g/mol. The van der Waals surface area contributed by atoms with Gasteiger partial charge in [0.2, 0.25) is 0 Å². The molecule has 0 amide bonds. The number of aromatic nitrogens is 2. The van der Waals surface area contributed by atoms with E-state index in [4.69, 9.17) is 0 Å². The van der Waals surface area contributed by atoms with E-state index in [1.165, 1.54) is 6.07 Å². The van der Waals surface area contributed by atoms with E-state index < -0.39 is 6.61 Å². The quantitative estimate of drug-likeness (QED) is 0.927. The summed E-state index contributed by atoms with van der Waals surface area (Å²) in [6.45, 7) is -1.97. The van der Waals surface area contributed by atoms with Crippen molar-refractivity contribution in [1.29, 1.82) is 0 Å². The van der Waals surface area contributed by atoms with Crippen LogP contribution in [0.5, 0.6) is 5.75 Å². The molecule has 1 atom stereocenters. The number of halogens is 2. The first-order valence-corrected chi connectivity index (χ1v) is 6.06. The van der Waals surface area contributed by atoms with E-state index in [-0.39, 0.29) is 11.8 Å². The normalized spacial score (nSPS) is 17.9. The SMILES string of the molecule is FC(F)Oc1cccc(C2CCNc3ccnn32)c1. The summed E-state index contributed by atoms with van der Waals surface area (Å²) in [4.78, 5) is 0. The Morgan fingerprint density at radius 1 is 1.37 bits per heavy atom. The molecule has 1 aliphatic heterocycles. The van der Waals surface area contributed by atoms with E-state index in [0.29, 0.717) is 0 Å². The largest absolute Gasteiger partial charge is 0.435 e. The number of fused-ring (bicyclic) bond motifs is 1. The summed E-state index contributed by atoms with van der Waals surface area (Å²) in [7, 11) is 0. The van der Waals surface area contributed by atoms with Gasteiger partial charge in [0.25, 0.3) is 0 Å². The Morgan fingerprint density at radius 2 is 2.26 bits per heavy atom. The molecule has 0 saturated heterocycles. The lowest BCUT2D eigenvalue weighted by atomic mass is 10.0. The number of hydrogen-bond donors (Lipinski definition) is 1. The van der Waals surface area contributed by atoms with Gasteiger partial charge in [0.15, 0.2) is 0 Å². The number of alkyl halides is 2. The zero-order valence-electron chi connectivity index (χ0n) is 10.1. The highest BCUT2D eigenvalue weighted by Crippen LogP contribution is 2.30. The topological polar surface area (TPSA) is 39.1 Å². The molecule has 0 aliphatic carbocycles. The highest BCUT2D eigenvalue weighted by molar-refractivity contribution is 5.40. The van der Waals surface area contributed by atoms with Gasteiger partial charge in [-0.15, -0.1) is 0 Å². The fraction of sp³-hybridized carbons (Fsp3) is 0.308. The highest BCUT2D eigenvalue weighted by atomic mass is 19.3. The molecule has 3 rings (SSSR count). The van der Waals surface area contributed by atoms with Crippen molar-refractivity contribution in [3.8, 4) is 5.75 Å². The number of nitrogens with one attached hydrogen (secondary N) is 1. The summed E-state index contributed by atoms with van der Waals surface area (Å²) in [5, 5.41) is 7.51. The van der Waals surface area contributed by atoms with Crippen LogP contribution in [-0.4, -0.2) is 22.9 Å². The van der Waals surface area contributed by atoms with Gasteiger partial charge >= 0.3 is 6.61 Å². The Hall–Kier alpha value is -2.11. The predicted octanol–water partition coefficient (Wildman–Crippen LogP) is 2.89. The summed E-state index contributed by atoms with van der Waals surface area (Å²) >= 11 is 0. The van der Waals surface area contributed by atoms with Crippen molar-refractivity contribution >= 4 is 5.82 Å². The standard InChI is InChI=1S/C13H13F2N3O/c14-13(15)19-10-3-1-2-9(8-10)11-4-6-16-12-5-7-17-18(11)12/h1-3,5,7-8,11,13,16H,4,6H2. The number of nitrogens with zero attached hydrogens (tertiary/aromatic N) is 2. The van der Waals surface area contributed by atoms with E-state index in [0.717, 1.165) is 24.3 Å². The molecule has 6 heteroatoms. The zero-order valence-corrected chi connectivity index (χ0v) is 10.1. The van der Waals surface area contributed by atoms with E-state index in [1.807, 2.05) is 16.8 Å². The smallest absolute Gasteiger partial charge is 0.387 e. The van der Waals surface area contributed by atoms with Crippen LogP contribution in [0.4, 0.5) is 14.6 Å². The van der Waals surface area contributed by atoms with Gasteiger partial charge in [0.1, 0.15) is 11.6 Å². The third-order valence-corrected chi connectivity index (χ3v) is 3.16. The van der Waals surface area contributed by atoms with Crippen molar-refractivity contribution in [3.05, 3.63) is 42.1 Å². The zero-order chi connectivity index (χ0) is 13.2. The number of anilines is 1.